The topological polar surface area (TPSA) is 59.1 Å². The minimum absolute atomic E-state index is 0.291. The second-order valence-electron chi connectivity index (χ2n) is 4.67. The van der Waals surface area contributed by atoms with Crippen LogP contribution in [0, 0.1) is 0 Å². The minimum Gasteiger partial charge on any atom is -0.379 e. The van der Waals surface area contributed by atoms with E-state index in [1.807, 2.05) is 0 Å². The Bertz CT molecular complexity index is 372. The first-order valence-electron chi connectivity index (χ1n) is 6.68. The minimum atomic E-state index is 0.291. The quantitative estimate of drug-likeness (QED) is 0.811. The molecule has 2 atom stereocenters. The van der Waals surface area contributed by atoms with Gasteiger partial charge in [0.2, 0.25) is 0 Å². The van der Waals surface area contributed by atoms with E-state index in [0.29, 0.717) is 12.1 Å². The van der Waals surface area contributed by atoms with Crippen LogP contribution in [0.3, 0.4) is 0 Å². The smallest absolute Gasteiger partial charge is 0.147 e. The fraction of sp³-hybridized carbons (Fsp3) is 0.692. The molecule has 1 heterocycles. The van der Waals surface area contributed by atoms with Gasteiger partial charge in [0.25, 0.3) is 0 Å². The van der Waals surface area contributed by atoms with Gasteiger partial charge in [-0.3, -0.25) is 4.98 Å². The van der Waals surface area contributed by atoms with Crippen molar-refractivity contribution in [2.75, 3.05) is 24.3 Å². The Labute approximate surface area is 108 Å². The molecule has 100 valence electrons. The van der Waals surface area contributed by atoms with Crippen LogP contribution in [0.1, 0.15) is 32.6 Å². The molecule has 0 radical (unpaired) electrons. The highest BCUT2D eigenvalue weighted by Gasteiger charge is 2.27. The highest BCUT2D eigenvalue weighted by atomic mass is 16.5. The van der Waals surface area contributed by atoms with Crippen LogP contribution in [0.15, 0.2) is 12.4 Å². The first-order valence-corrected chi connectivity index (χ1v) is 6.68. The number of aromatic nitrogens is 2. The molecule has 5 heteroatoms. The van der Waals surface area contributed by atoms with Crippen molar-refractivity contribution in [2.24, 2.45) is 0 Å². The van der Waals surface area contributed by atoms with Gasteiger partial charge in [-0.2, -0.15) is 0 Å². The van der Waals surface area contributed by atoms with E-state index in [-0.39, 0.29) is 0 Å². The van der Waals surface area contributed by atoms with Crippen LogP contribution in [0.25, 0.3) is 0 Å². The number of ether oxygens (including phenoxy) is 1. The fourth-order valence-corrected chi connectivity index (χ4v) is 2.34. The van der Waals surface area contributed by atoms with Gasteiger partial charge < -0.3 is 15.4 Å². The number of nitrogens with one attached hydrogen (secondary N) is 2. The molecule has 0 amide bonds. The summed E-state index contributed by atoms with van der Waals surface area (Å²) in [4.78, 5) is 8.70. The molecule has 5 nitrogen and oxygen atoms in total. The third-order valence-electron chi connectivity index (χ3n) is 3.28. The van der Waals surface area contributed by atoms with Gasteiger partial charge in [0.05, 0.1) is 24.5 Å². The van der Waals surface area contributed by atoms with E-state index < -0.39 is 0 Å². The molecule has 2 rings (SSSR count). The summed E-state index contributed by atoms with van der Waals surface area (Å²) in [5, 5.41) is 6.66. The maximum Gasteiger partial charge on any atom is 0.147 e. The number of anilines is 2. The van der Waals surface area contributed by atoms with Crippen molar-refractivity contribution < 1.29 is 4.74 Å². The van der Waals surface area contributed by atoms with Crippen LogP contribution in [0.2, 0.25) is 0 Å². The van der Waals surface area contributed by atoms with Crippen molar-refractivity contribution in [3.8, 4) is 0 Å². The Balaban J connectivity index is 1.96. The van der Waals surface area contributed by atoms with E-state index in [1.165, 1.54) is 6.42 Å². The van der Waals surface area contributed by atoms with E-state index >= 15 is 0 Å². The molecule has 1 aliphatic carbocycles. The number of rotatable bonds is 6. The van der Waals surface area contributed by atoms with Gasteiger partial charge in [-0.15, -0.1) is 0 Å². The number of hydrogen-bond acceptors (Lipinski definition) is 5. The molecule has 1 saturated carbocycles. The molecule has 0 aromatic carbocycles. The van der Waals surface area contributed by atoms with Gasteiger partial charge in [-0.1, -0.05) is 6.92 Å². The maximum atomic E-state index is 5.46. The third kappa shape index (κ3) is 3.32. The molecule has 0 saturated heterocycles. The first-order chi connectivity index (χ1) is 8.83. The summed E-state index contributed by atoms with van der Waals surface area (Å²) in [5.74, 6) is 1.65. The van der Waals surface area contributed by atoms with Crippen molar-refractivity contribution in [1.82, 2.24) is 9.97 Å². The molecule has 1 fully saturated rings. The summed E-state index contributed by atoms with van der Waals surface area (Å²) in [6, 6.07) is 0.353. The van der Waals surface area contributed by atoms with Crippen LogP contribution in [0.5, 0.6) is 0 Å². The zero-order valence-corrected chi connectivity index (χ0v) is 11.1. The zero-order chi connectivity index (χ0) is 12.8. The van der Waals surface area contributed by atoms with Crippen LogP contribution >= 0.6 is 0 Å². The van der Waals surface area contributed by atoms with E-state index in [4.69, 9.17) is 4.74 Å². The fourth-order valence-electron chi connectivity index (χ4n) is 2.34. The summed E-state index contributed by atoms with van der Waals surface area (Å²) in [6.07, 6.45) is 8.35. The predicted octanol–water partition coefficient (Wildman–Crippen LogP) is 2.28. The van der Waals surface area contributed by atoms with E-state index in [2.05, 4.69) is 27.5 Å². The Kier molecular flexibility index (Phi) is 4.75. The lowest BCUT2D eigenvalue weighted by molar-refractivity contribution is 0.101. The lowest BCUT2D eigenvalue weighted by atomic mass is 10.2. The van der Waals surface area contributed by atoms with E-state index in [1.54, 1.807) is 19.5 Å². The molecule has 0 spiro atoms. The summed E-state index contributed by atoms with van der Waals surface area (Å²) < 4.78 is 5.46. The normalized spacial score (nSPS) is 23.0. The maximum absolute atomic E-state index is 5.46. The molecule has 2 unspecified atom stereocenters. The Morgan fingerprint density at radius 1 is 1.33 bits per heavy atom. The van der Waals surface area contributed by atoms with Crippen LogP contribution in [-0.2, 0) is 4.74 Å². The number of methoxy groups -OCH3 is 1. The number of hydrogen-bond donors (Lipinski definition) is 2. The Hall–Kier alpha value is -1.36. The first kappa shape index (κ1) is 13.1. The molecular weight excluding hydrogens is 228 g/mol. The Morgan fingerprint density at radius 3 is 2.94 bits per heavy atom. The molecule has 2 N–H and O–H groups in total. The summed E-state index contributed by atoms with van der Waals surface area (Å²) in [5.41, 5.74) is 0. The second-order valence-corrected chi connectivity index (χ2v) is 4.67. The molecule has 0 aliphatic heterocycles. The van der Waals surface area contributed by atoms with Crippen molar-refractivity contribution in [2.45, 2.75) is 44.8 Å². The van der Waals surface area contributed by atoms with Gasteiger partial charge in [0, 0.05) is 13.7 Å². The van der Waals surface area contributed by atoms with Crippen molar-refractivity contribution >= 4 is 11.6 Å². The van der Waals surface area contributed by atoms with E-state index in [9.17, 15) is 0 Å². The van der Waals surface area contributed by atoms with Crippen LogP contribution in [0.4, 0.5) is 11.6 Å². The molecular formula is C13H22N4O. The zero-order valence-electron chi connectivity index (χ0n) is 11.1. The van der Waals surface area contributed by atoms with Crippen molar-refractivity contribution in [3.63, 3.8) is 0 Å². The SMILES string of the molecule is CCCNc1cncc(NC2CCCC2OC)n1. The average molecular weight is 250 g/mol. The molecule has 0 bridgehead atoms. The summed E-state index contributed by atoms with van der Waals surface area (Å²) >= 11 is 0. The lowest BCUT2D eigenvalue weighted by Gasteiger charge is -2.20. The van der Waals surface area contributed by atoms with Crippen molar-refractivity contribution in [1.29, 1.82) is 0 Å². The highest BCUT2D eigenvalue weighted by molar-refractivity contribution is 5.42. The molecule has 1 aliphatic rings. The Morgan fingerprint density at radius 2 is 2.17 bits per heavy atom. The standard InChI is InChI=1S/C13H22N4O/c1-3-7-15-12-8-14-9-13(17-12)16-10-5-4-6-11(10)18-2/h8-11H,3-7H2,1-2H3,(H2,15,16,17). The van der Waals surface area contributed by atoms with Crippen molar-refractivity contribution in [3.05, 3.63) is 12.4 Å². The lowest BCUT2D eigenvalue weighted by Crippen LogP contribution is -2.30. The molecule has 18 heavy (non-hydrogen) atoms. The summed E-state index contributed by atoms with van der Waals surface area (Å²) in [6.45, 7) is 3.05. The van der Waals surface area contributed by atoms with Crippen LogP contribution in [-0.4, -0.2) is 35.8 Å². The van der Waals surface area contributed by atoms with E-state index in [0.717, 1.165) is 37.4 Å². The largest absolute Gasteiger partial charge is 0.379 e. The monoisotopic (exact) mass is 250 g/mol. The van der Waals surface area contributed by atoms with Gasteiger partial charge in [-0.25, -0.2) is 4.98 Å². The highest BCUT2D eigenvalue weighted by Crippen LogP contribution is 2.24. The average Bonchev–Trinajstić information content (AvgIpc) is 2.84. The number of nitrogens with zero attached hydrogens (tertiary/aromatic N) is 2. The summed E-state index contributed by atoms with van der Waals surface area (Å²) in [7, 11) is 1.77. The predicted molar refractivity (Wildman–Crippen MR) is 72.9 cm³/mol. The molecule has 1 aromatic rings. The van der Waals surface area contributed by atoms with Gasteiger partial charge in [0.1, 0.15) is 11.6 Å². The molecule has 1 aromatic heterocycles. The second kappa shape index (κ2) is 6.54. The van der Waals surface area contributed by atoms with Crippen LogP contribution < -0.4 is 10.6 Å². The third-order valence-corrected chi connectivity index (χ3v) is 3.28. The van der Waals surface area contributed by atoms with Gasteiger partial charge >= 0.3 is 0 Å². The van der Waals surface area contributed by atoms with Gasteiger partial charge in [-0.05, 0) is 25.7 Å². The van der Waals surface area contributed by atoms with Gasteiger partial charge in [0.15, 0.2) is 0 Å².